The number of furan rings is 1. The Labute approximate surface area is 226 Å². The van der Waals surface area contributed by atoms with E-state index in [1.54, 1.807) is 36.4 Å². The third-order valence-electron chi connectivity index (χ3n) is 4.99. The minimum Gasteiger partial charge on any atom is -0.487 e. The highest BCUT2D eigenvalue weighted by molar-refractivity contribution is 14.1. The predicted octanol–water partition coefficient (Wildman–Crippen LogP) is 5.09. The average molecular weight is 702 g/mol. The zero-order chi connectivity index (χ0) is 25.1. The van der Waals surface area contributed by atoms with Crippen molar-refractivity contribution >= 4 is 69.2 Å². The number of halogens is 3. The standard InChI is InChI=1S/C24H17FI2N2O6/c1-33-23(31)20-7-6-15(35-20)11-29-22(30)19(28-24(29)32)10-13-8-17(26)21(18(27)9-13)34-12-14-4-2-3-5-16(14)25/h2-10H,11-12H2,1H3,(H,28,32)/b19-10-. The molecule has 11 heteroatoms. The van der Waals surface area contributed by atoms with Gasteiger partial charge in [0.2, 0.25) is 5.76 Å². The van der Waals surface area contributed by atoms with Gasteiger partial charge in [-0.3, -0.25) is 9.69 Å². The Bertz CT molecular complexity index is 1330. The second-order valence-electron chi connectivity index (χ2n) is 7.33. The maximum Gasteiger partial charge on any atom is 0.373 e. The van der Waals surface area contributed by atoms with Crippen LogP contribution in [0.25, 0.3) is 6.08 Å². The first-order chi connectivity index (χ1) is 16.8. The molecule has 4 rings (SSSR count). The maximum absolute atomic E-state index is 13.9. The van der Waals surface area contributed by atoms with Gasteiger partial charge >= 0.3 is 12.0 Å². The Morgan fingerprint density at radius 1 is 1.14 bits per heavy atom. The summed E-state index contributed by atoms with van der Waals surface area (Å²) in [5.41, 5.74) is 1.22. The Hall–Kier alpha value is -2.94. The number of benzene rings is 2. The van der Waals surface area contributed by atoms with Crippen molar-refractivity contribution < 1.29 is 32.7 Å². The van der Waals surface area contributed by atoms with Crippen molar-refractivity contribution in [3.05, 3.63) is 89.8 Å². The SMILES string of the molecule is COC(=O)c1ccc(CN2C(=O)N/C(=C\c3cc(I)c(OCc4ccccc4F)c(I)c3)C2=O)o1. The van der Waals surface area contributed by atoms with Gasteiger partial charge in [-0.05, 0) is 87.2 Å². The van der Waals surface area contributed by atoms with Gasteiger partial charge in [-0.15, -0.1) is 0 Å². The Kier molecular flexibility index (Phi) is 7.74. The number of hydrogen-bond acceptors (Lipinski definition) is 6. The lowest BCUT2D eigenvalue weighted by Crippen LogP contribution is -2.30. The van der Waals surface area contributed by atoms with Crippen LogP contribution in [0.15, 0.2) is 58.6 Å². The van der Waals surface area contributed by atoms with Crippen molar-refractivity contribution in [3.63, 3.8) is 0 Å². The third-order valence-corrected chi connectivity index (χ3v) is 6.59. The highest BCUT2D eigenvalue weighted by Crippen LogP contribution is 2.31. The van der Waals surface area contributed by atoms with E-state index in [1.807, 2.05) is 0 Å². The molecule has 0 unspecified atom stereocenters. The summed E-state index contributed by atoms with van der Waals surface area (Å²) in [4.78, 5) is 37.7. The molecule has 0 radical (unpaired) electrons. The summed E-state index contributed by atoms with van der Waals surface area (Å²) in [7, 11) is 1.23. The van der Waals surface area contributed by atoms with E-state index in [-0.39, 0.29) is 36.2 Å². The molecule has 0 spiro atoms. The van der Waals surface area contributed by atoms with Crippen LogP contribution in [0.2, 0.25) is 0 Å². The first-order valence-electron chi connectivity index (χ1n) is 10.1. The summed E-state index contributed by atoms with van der Waals surface area (Å²) >= 11 is 4.21. The van der Waals surface area contributed by atoms with Gasteiger partial charge in [0.25, 0.3) is 5.91 Å². The average Bonchev–Trinajstić information content (AvgIpc) is 3.39. The molecule has 2 aromatic carbocycles. The number of nitrogens with one attached hydrogen (secondary N) is 1. The fraction of sp³-hybridized carbons (Fsp3) is 0.125. The largest absolute Gasteiger partial charge is 0.487 e. The van der Waals surface area contributed by atoms with E-state index in [2.05, 4.69) is 55.2 Å². The molecule has 0 bridgehead atoms. The van der Waals surface area contributed by atoms with E-state index in [9.17, 15) is 18.8 Å². The van der Waals surface area contributed by atoms with E-state index in [1.165, 1.54) is 25.3 Å². The van der Waals surface area contributed by atoms with Gasteiger partial charge in [-0.1, -0.05) is 18.2 Å². The summed E-state index contributed by atoms with van der Waals surface area (Å²) in [6.07, 6.45) is 1.56. The summed E-state index contributed by atoms with van der Waals surface area (Å²) in [5.74, 6) is -0.688. The normalized spacial score (nSPS) is 14.4. The van der Waals surface area contributed by atoms with Gasteiger partial charge in [-0.2, -0.15) is 0 Å². The zero-order valence-electron chi connectivity index (χ0n) is 18.1. The number of carbonyl (C=O) groups excluding carboxylic acids is 3. The summed E-state index contributed by atoms with van der Waals surface area (Å²) in [6, 6.07) is 12.3. The topological polar surface area (TPSA) is 98.1 Å². The zero-order valence-corrected chi connectivity index (χ0v) is 22.5. The molecule has 1 N–H and O–H groups in total. The summed E-state index contributed by atoms with van der Waals surface area (Å²) < 4.78 is 31.2. The Morgan fingerprint density at radius 2 is 1.86 bits per heavy atom. The monoisotopic (exact) mass is 702 g/mol. The molecule has 3 aromatic rings. The van der Waals surface area contributed by atoms with E-state index < -0.39 is 17.9 Å². The molecule has 0 atom stereocenters. The van der Waals surface area contributed by atoms with Crippen LogP contribution in [0.1, 0.15) is 27.4 Å². The molecule has 1 aliphatic rings. The van der Waals surface area contributed by atoms with Gasteiger partial charge < -0.3 is 19.2 Å². The number of methoxy groups -OCH3 is 1. The van der Waals surface area contributed by atoms with E-state index in [0.29, 0.717) is 16.9 Å². The molecule has 0 saturated carbocycles. The van der Waals surface area contributed by atoms with E-state index in [0.717, 1.165) is 12.0 Å². The number of imide groups is 1. The fourth-order valence-electron chi connectivity index (χ4n) is 3.28. The van der Waals surface area contributed by atoms with Crippen LogP contribution >= 0.6 is 45.2 Å². The molecule has 2 heterocycles. The number of urea groups is 1. The molecule has 8 nitrogen and oxygen atoms in total. The molecule has 3 amide bonds. The molecule has 0 aliphatic carbocycles. The first-order valence-corrected chi connectivity index (χ1v) is 12.3. The molecule has 35 heavy (non-hydrogen) atoms. The van der Waals surface area contributed by atoms with Crippen molar-refractivity contribution in [2.45, 2.75) is 13.2 Å². The van der Waals surface area contributed by atoms with Crippen LogP contribution in [-0.2, 0) is 22.7 Å². The second-order valence-corrected chi connectivity index (χ2v) is 9.66. The van der Waals surface area contributed by atoms with Gasteiger partial charge in [0, 0.05) is 5.56 Å². The maximum atomic E-state index is 13.9. The van der Waals surface area contributed by atoms with Crippen LogP contribution in [0.4, 0.5) is 9.18 Å². The first kappa shape index (κ1) is 25.2. The number of rotatable bonds is 7. The van der Waals surface area contributed by atoms with Crippen LogP contribution in [0, 0.1) is 13.0 Å². The minimum atomic E-state index is -0.653. The number of amides is 3. The van der Waals surface area contributed by atoms with Crippen molar-refractivity contribution in [1.29, 1.82) is 0 Å². The van der Waals surface area contributed by atoms with Crippen molar-refractivity contribution in [3.8, 4) is 5.75 Å². The third kappa shape index (κ3) is 5.66. The van der Waals surface area contributed by atoms with Crippen LogP contribution in [-0.4, -0.2) is 29.9 Å². The van der Waals surface area contributed by atoms with Crippen molar-refractivity contribution in [1.82, 2.24) is 10.2 Å². The number of ether oxygens (including phenoxy) is 2. The highest BCUT2D eigenvalue weighted by atomic mass is 127. The molecule has 1 fully saturated rings. The lowest BCUT2D eigenvalue weighted by Gasteiger charge is -2.12. The van der Waals surface area contributed by atoms with Gasteiger partial charge in [0.1, 0.15) is 29.6 Å². The smallest absolute Gasteiger partial charge is 0.373 e. The van der Waals surface area contributed by atoms with E-state index in [4.69, 9.17) is 9.15 Å². The molecule has 180 valence electrons. The van der Waals surface area contributed by atoms with Crippen LogP contribution in [0.3, 0.4) is 0 Å². The molecule has 1 saturated heterocycles. The molecule has 1 aliphatic heterocycles. The fourth-order valence-corrected chi connectivity index (χ4v) is 5.40. The lowest BCUT2D eigenvalue weighted by molar-refractivity contribution is -0.123. The van der Waals surface area contributed by atoms with Crippen molar-refractivity contribution in [2.24, 2.45) is 0 Å². The van der Waals surface area contributed by atoms with Gasteiger partial charge in [-0.25, -0.2) is 14.0 Å². The Morgan fingerprint density at radius 3 is 2.54 bits per heavy atom. The van der Waals surface area contributed by atoms with E-state index >= 15 is 0 Å². The number of carbonyl (C=O) groups is 3. The highest BCUT2D eigenvalue weighted by Gasteiger charge is 2.34. The summed E-state index contributed by atoms with van der Waals surface area (Å²) in [6.45, 7) is -0.0655. The minimum absolute atomic E-state index is 0.0215. The van der Waals surface area contributed by atoms with Crippen molar-refractivity contribution in [2.75, 3.05) is 7.11 Å². The van der Waals surface area contributed by atoms with Gasteiger partial charge in [0.15, 0.2) is 0 Å². The number of esters is 1. The second kappa shape index (κ2) is 10.8. The van der Waals surface area contributed by atoms with Crippen LogP contribution in [0.5, 0.6) is 5.75 Å². The molecular weight excluding hydrogens is 685 g/mol. The number of hydrogen-bond donors (Lipinski definition) is 1. The predicted molar refractivity (Wildman–Crippen MR) is 140 cm³/mol. The number of nitrogens with zero attached hydrogens (tertiary/aromatic N) is 1. The van der Waals surface area contributed by atoms with Crippen LogP contribution < -0.4 is 10.1 Å². The summed E-state index contributed by atoms with van der Waals surface area (Å²) in [5, 5.41) is 2.56. The quantitative estimate of drug-likeness (QED) is 0.160. The lowest BCUT2D eigenvalue weighted by atomic mass is 10.2. The molecule has 1 aromatic heterocycles. The Balaban J connectivity index is 1.48. The van der Waals surface area contributed by atoms with Gasteiger partial charge in [0.05, 0.1) is 20.8 Å². The molecular formula is C24H17FI2N2O6.